The highest BCUT2D eigenvalue weighted by Crippen LogP contribution is 2.29. The standard InChI is InChI=1S/C11H15BrN2.2ClH/c1-14-7-6-11(13,8-14)9-2-4-10(12)5-3-9;;/h2-5H,6-8,13H2,1H3;2*1H. The van der Waals surface area contributed by atoms with Crippen molar-refractivity contribution in [1.82, 2.24) is 4.90 Å². The molecular weight excluding hydrogens is 311 g/mol. The summed E-state index contributed by atoms with van der Waals surface area (Å²) in [6, 6.07) is 8.34. The summed E-state index contributed by atoms with van der Waals surface area (Å²) in [5, 5.41) is 0. The summed E-state index contributed by atoms with van der Waals surface area (Å²) in [4.78, 5) is 2.28. The number of halogens is 3. The molecule has 1 aliphatic rings. The number of rotatable bonds is 1. The fourth-order valence-corrected chi connectivity index (χ4v) is 2.31. The Balaban J connectivity index is 0.00000112. The molecule has 2 nitrogen and oxygen atoms in total. The molecule has 0 aliphatic carbocycles. The van der Waals surface area contributed by atoms with Crippen molar-refractivity contribution < 1.29 is 0 Å². The van der Waals surface area contributed by atoms with E-state index in [0.29, 0.717) is 0 Å². The molecule has 1 aliphatic heterocycles. The molecule has 0 radical (unpaired) electrons. The SMILES string of the molecule is CN1CCC(N)(c2ccc(Br)cc2)C1.Cl.Cl. The van der Waals surface area contributed by atoms with Gasteiger partial charge in [0.2, 0.25) is 0 Å². The summed E-state index contributed by atoms with van der Waals surface area (Å²) in [5.41, 5.74) is 7.46. The molecule has 2 rings (SSSR count). The number of hydrogen-bond donors (Lipinski definition) is 1. The van der Waals surface area contributed by atoms with E-state index in [4.69, 9.17) is 5.73 Å². The van der Waals surface area contributed by atoms with Crippen LogP contribution in [0.4, 0.5) is 0 Å². The van der Waals surface area contributed by atoms with Crippen molar-refractivity contribution in [2.45, 2.75) is 12.0 Å². The Morgan fingerprint density at radius 1 is 1.25 bits per heavy atom. The van der Waals surface area contributed by atoms with Gasteiger partial charge in [0, 0.05) is 17.6 Å². The van der Waals surface area contributed by atoms with E-state index < -0.39 is 0 Å². The summed E-state index contributed by atoms with van der Waals surface area (Å²) in [7, 11) is 2.12. The van der Waals surface area contributed by atoms with Gasteiger partial charge in [-0.2, -0.15) is 0 Å². The molecule has 1 aromatic rings. The lowest BCUT2D eigenvalue weighted by molar-refractivity contribution is 0.373. The molecule has 16 heavy (non-hydrogen) atoms. The van der Waals surface area contributed by atoms with Crippen molar-refractivity contribution in [2.75, 3.05) is 20.1 Å². The van der Waals surface area contributed by atoms with Gasteiger partial charge in [-0.05, 0) is 31.2 Å². The van der Waals surface area contributed by atoms with Crippen molar-refractivity contribution in [1.29, 1.82) is 0 Å². The number of benzene rings is 1. The minimum Gasteiger partial charge on any atom is -0.320 e. The second-order valence-electron chi connectivity index (χ2n) is 4.15. The van der Waals surface area contributed by atoms with Gasteiger partial charge >= 0.3 is 0 Å². The Labute approximate surface area is 118 Å². The van der Waals surface area contributed by atoms with Crippen LogP contribution in [-0.4, -0.2) is 25.0 Å². The molecule has 2 N–H and O–H groups in total. The molecule has 1 aromatic carbocycles. The summed E-state index contributed by atoms with van der Waals surface area (Å²) >= 11 is 3.43. The largest absolute Gasteiger partial charge is 0.320 e. The molecule has 1 heterocycles. The molecule has 5 heteroatoms. The Morgan fingerprint density at radius 3 is 2.25 bits per heavy atom. The van der Waals surface area contributed by atoms with Crippen LogP contribution in [0.3, 0.4) is 0 Å². The van der Waals surface area contributed by atoms with E-state index >= 15 is 0 Å². The van der Waals surface area contributed by atoms with Crippen molar-refractivity contribution >= 4 is 40.7 Å². The maximum absolute atomic E-state index is 6.36. The summed E-state index contributed by atoms with van der Waals surface area (Å²) in [6.45, 7) is 2.04. The molecule has 0 bridgehead atoms. The van der Waals surface area contributed by atoms with E-state index in [1.165, 1.54) is 5.56 Å². The molecular formula is C11H17BrCl2N2. The van der Waals surface area contributed by atoms with Gasteiger partial charge in [-0.25, -0.2) is 0 Å². The predicted octanol–water partition coefficient (Wildman–Crippen LogP) is 2.78. The zero-order chi connectivity index (χ0) is 10.2. The van der Waals surface area contributed by atoms with Crippen molar-refractivity contribution in [3.63, 3.8) is 0 Å². The van der Waals surface area contributed by atoms with Crippen LogP contribution in [-0.2, 0) is 5.54 Å². The second kappa shape index (κ2) is 6.22. The fourth-order valence-electron chi connectivity index (χ4n) is 2.05. The van der Waals surface area contributed by atoms with Crippen LogP contribution in [0.5, 0.6) is 0 Å². The van der Waals surface area contributed by atoms with Crippen LogP contribution in [0, 0.1) is 0 Å². The van der Waals surface area contributed by atoms with Gasteiger partial charge in [-0.1, -0.05) is 28.1 Å². The van der Waals surface area contributed by atoms with Crippen LogP contribution >= 0.6 is 40.7 Å². The normalized spacial score (nSPS) is 24.7. The smallest absolute Gasteiger partial charge is 0.0550 e. The highest BCUT2D eigenvalue weighted by atomic mass is 79.9. The van der Waals surface area contributed by atoms with Gasteiger partial charge in [0.05, 0.1) is 5.54 Å². The van der Waals surface area contributed by atoms with Gasteiger partial charge in [-0.15, -0.1) is 24.8 Å². The molecule has 1 unspecified atom stereocenters. The molecule has 0 saturated carbocycles. The number of likely N-dealkylation sites (tertiary alicyclic amines) is 1. The minimum absolute atomic E-state index is 0. The number of nitrogens with zero attached hydrogens (tertiary/aromatic N) is 1. The van der Waals surface area contributed by atoms with E-state index in [0.717, 1.165) is 24.0 Å². The number of nitrogens with two attached hydrogens (primary N) is 1. The zero-order valence-corrected chi connectivity index (χ0v) is 12.4. The quantitative estimate of drug-likeness (QED) is 0.859. The maximum Gasteiger partial charge on any atom is 0.0550 e. The maximum atomic E-state index is 6.36. The van der Waals surface area contributed by atoms with Gasteiger partial charge in [0.25, 0.3) is 0 Å². The third-order valence-corrected chi connectivity index (χ3v) is 3.44. The van der Waals surface area contributed by atoms with Crippen LogP contribution in [0.25, 0.3) is 0 Å². The second-order valence-corrected chi connectivity index (χ2v) is 5.07. The first-order valence-electron chi connectivity index (χ1n) is 4.84. The summed E-state index contributed by atoms with van der Waals surface area (Å²) in [6.07, 6.45) is 1.05. The lowest BCUT2D eigenvalue weighted by Gasteiger charge is -2.24. The highest BCUT2D eigenvalue weighted by molar-refractivity contribution is 9.10. The third kappa shape index (κ3) is 3.34. The molecule has 1 atom stereocenters. The molecule has 0 amide bonds. The van der Waals surface area contributed by atoms with E-state index in [9.17, 15) is 0 Å². The molecule has 1 saturated heterocycles. The average molecular weight is 328 g/mol. The lowest BCUT2D eigenvalue weighted by atomic mass is 9.90. The van der Waals surface area contributed by atoms with E-state index in [-0.39, 0.29) is 30.4 Å². The van der Waals surface area contributed by atoms with Crippen molar-refractivity contribution in [3.05, 3.63) is 34.3 Å². The van der Waals surface area contributed by atoms with E-state index in [1.54, 1.807) is 0 Å². The van der Waals surface area contributed by atoms with Crippen molar-refractivity contribution in [2.24, 2.45) is 5.73 Å². The zero-order valence-electron chi connectivity index (χ0n) is 9.15. The van der Waals surface area contributed by atoms with E-state index in [2.05, 4.69) is 52.1 Å². The molecule has 92 valence electrons. The Bertz CT molecular complexity index is 331. The monoisotopic (exact) mass is 326 g/mol. The molecule has 0 aromatic heterocycles. The highest BCUT2D eigenvalue weighted by Gasteiger charge is 2.33. The summed E-state index contributed by atoms with van der Waals surface area (Å²) in [5.74, 6) is 0. The summed E-state index contributed by atoms with van der Waals surface area (Å²) < 4.78 is 1.11. The van der Waals surface area contributed by atoms with Crippen LogP contribution < -0.4 is 5.73 Å². The average Bonchev–Trinajstić information content (AvgIpc) is 2.48. The third-order valence-electron chi connectivity index (χ3n) is 2.91. The van der Waals surface area contributed by atoms with Gasteiger partial charge in [0.15, 0.2) is 0 Å². The van der Waals surface area contributed by atoms with E-state index in [1.807, 2.05) is 0 Å². The Hall–Kier alpha value is 0.200. The fraction of sp³-hybridized carbons (Fsp3) is 0.455. The first kappa shape index (κ1) is 16.2. The number of hydrogen-bond acceptors (Lipinski definition) is 2. The van der Waals surface area contributed by atoms with Crippen LogP contribution in [0.2, 0.25) is 0 Å². The number of likely N-dealkylation sites (N-methyl/N-ethyl adjacent to an activating group) is 1. The predicted molar refractivity (Wildman–Crippen MR) is 76.6 cm³/mol. The van der Waals surface area contributed by atoms with Crippen LogP contribution in [0.15, 0.2) is 28.7 Å². The van der Waals surface area contributed by atoms with Crippen LogP contribution in [0.1, 0.15) is 12.0 Å². The van der Waals surface area contributed by atoms with Gasteiger partial charge in [0.1, 0.15) is 0 Å². The molecule has 1 fully saturated rings. The topological polar surface area (TPSA) is 29.3 Å². The molecule has 0 spiro atoms. The van der Waals surface area contributed by atoms with Crippen molar-refractivity contribution in [3.8, 4) is 0 Å². The first-order valence-corrected chi connectivity index (χ1v) is 5.63. The van der Waals surface area contributed by atoms with Gasteiger partial charge in [-0.3, -0.25) is 0 Å². The Morgan fingerprint density at radius 2 is 1.81 bits per heavy atom. The van der Waals surface area contributed by atoms with Gasteiger partial charge < -0.3 is 10.6 Å². The first-order chi connectivity index (χ1) is 6.60. The minimum atomic E-state index is -0.143. The lowest BCUT2D eigenvalue weighted by Crippen LogP contribution is -2.38. The Kier molecular flexibility index (Phi) is 6.30.